The minimum absolute atomic E-state index is 0.0721. The molecule has 24 heavy (non-hydrogen) atoms. The Balaban J connectivity index is 1.88. The minimum Gasteiger partial charge on any atom is -0.237 e. The number of halogens is 2. The summed E-state index contributed by atoms with van der Waals surface area (Å²) in [5.41, 5.74) is 0.590. The molecule has 0 atom stereocenters. The summed E-state index contributed by atoms with van der Waals surface area (Å²) in [5.74, 6) is -0.498. The van der Waals surface area contributed by atoms with Crippen LogP contribution >= 0.6 is 11.6 Å². The second-order valence-corrected chi connectivity index (χ2v) is 6.96. The maximum Gasteiger partial charge on any atom is 0.243 e. The number of rotatable bonds is 5. The van der Waals surface area contributed by atoms with Gasteiger partial charge in [0.15, 0.2) is 11.6 Å². The normalized spacial score (nSPS) is 11.6. The molecule has 2 heterocycles. The Hall–Kier alpha value is -2.29. The summed E-state index contributed by atoms with van der Waals surface area (Å²) in [5, 5.41) is 3.82. The van der Waals surface area contributed by atoms with E-state index in [0.717, 1.165) is 6.07 Å². The molecule has 0 amide bonds. The van der Waals surface area contributed by atoms with Gasteiger partial charge in [-0.1, -0.05) is 23.7 Å². The van der Waals surface area contributed by atoms with Crippen LogP contribution in [-0.2, 0) is 16.6 Å². The van der Waals surface area contributed by atoms with Crippen molar-refractivity contribution in [3.05, 3.63) is 71.4 Å². The summed E-state index contributed by atoms with van der Waals surface area (Å²) in [7, 11) is -4.06. The van der Waals surface area contributed by atoms with Gasteiger partial charge in [0.25, 0.3) is 0 Å². The van der Waals surface area contributed by atoms with Crippen molar-refractivity contribution in [1.82, 2.24) is 19.5 Å². The second-order valence-electron chi connectivity index (χ2n) is 4.81. The molecule has 0 aliphatic rings. The van der Waals surface area contributed by atoms with E-state index >= 15 is 0 Å². The zero-order valence-electron chi connectivity index (χ0n) is 12.2. The number of hydrogen-bond donors (Lipinski definition) is 1. The van der Waals surface area contributed by atoms with Crippen LogP contribution < -0.4 is 4.72 Å². The van der Waals surface area contributed by atoms with Gasteiger partial charge in [0.1, 0.15) is 4.90 Å². The molecular formula is C15H12ClFN4O2S. The highest BCUT2D eigenvalue weighted by molar-refractivity contribution is 7.89. The van der Waals surface area contributed by atoms with Crippen LogP contribution in [0.15, 0.2) is 59.9 Å². The summed E-state index contributed by atoms with van der Waals surface area (Å²) in [6, 6.07) is 8.93. The number of nitrogens with one attached hydrogen (secondary N) is 1. The van der Waals surface area contributed by atoms with Crippen LogP contribution in [0, 0.1) is 5.82 Å². The zero-order valence-corrected chi connectivity index (χ0v) is 13.8. The molecule has 0 unspecified atom stereocenters. The van der Waals surface area contributed by atoms with E-state index in [0.29, 0.717) is 11.4 Å². The van der Waals surface area contributed by atoms with E-state index in [9.17, 15) is 12.8 Å². The van der Waals surface area contributed by atoms with E-state index in [4.69, 9.17) is 11.6 Å². The zero-order chi connectivity index (χ0) is 17.2. The number of pyridine rings is 1. The van der Waals surface area contributed by atoms with Crippen LogP contribution in [-0.4, -0.2) is 23.2 Å². The molecule has 3 aromatic rings. The monoisotopic (exact) mass is 366 g/mol. The topological polar surface area (TPSA) is 76.9 Å². The fourth-order valence-electron chi connectivity index (χ4n) is 2.11. The van der Waals surface area contributed by atoms with Gasteiger partial charge in [0.05, 0.1) is 5.02 Å². The summed E-state index contributed by atoms with van der Waals surface area (Å²) >= 11 is 5.64. The molecule has 0 aliphatic heterocycles. The van der Waals surface area contributed by atoms with Gasteiger partial charge in [0.2, 0.25) is 10.0 Å². The predicted octanol–water partition coefficient (Wildman–Crippen LogP) is 2.54. The highest BCUT2D eigenvalue weighted by Gasteiger charge is 2.21. The first kappa shape index (κ1) is 16.6. The van der Waals surface area contributed by atoms with Crippen LogP contribution in [0.5, 0.6) is 0 Å². The lowest BCUT2D eigenvalue weighted by molar-refractivity contribution is 0.556. The molecule has 0 saturated heterocycles. The van der Waals surface area contributed by atoms with Crippen LogP contribution in [0.25, 0.3) is 5.82 Å². The van der Waals surface area contributed by atoms with Crippen LogP contribution in [0.3, 0.4) is 0 Å². The van der Waals surface area contributed by atoms with Crippen molar-refractivity contribution in [2.24, 2.45) is 0 Å². The smallest absolute Gasteiger partial charge is 0.237 e. The molecule has 0 aliphatic carbocycles. The van der Waals surface area contributed by atoms with E-state index in [1.54, 1.807) is 36.8 Å². The number of benzene rings is 1. The van der Waals surface area contributed by atoms with Crippen molar-refractivity contribution in [1.29, 1.82) is 0 Å². The summed E-state index contributed by atoms with van der Waals surface area (Å²) in [6.45, 7) is -0.0721. The van der Waals surface area contributed by atoms with E-state index < -0.39 is 20.7 Å². The Morgan fingerprint density at radius 1 is 1.17 bits per heavy atom. The number of aromatic nitrogens is 3. The molecule has 2 aromatic heterocycles. The lowest BCUT2D eigenvalue weighted by Gasteiger charge is -2.11. The Bertz CT molecular complexity index is 961. The van der Waals surface area contributed by atoms with Gasteiger partial charge in [-0.2, -0.15) is 5.10 Å². The Morgan fingerprint density at radius 3 is 2.75 bits per heavy atom. The molecule has 6 nitrogen and oxygen atoms in total. The number of hydrogen-bond acceptors (Lipinski definition) is 4. The Morgan fingerprint density at radius 2 is 2.00 bits per heavy atom. The van der Waals surface area contributed by atoms with Gasteiger partial charge in [-0.3, -0.25) is 0 Å². The molecule has 0 spiro atoms. The largest absolute Gasteiger partial charge is 0.243 e. The molecule has 9 heteroatoms. The molecule has 1 aromatic carbocycles. The second kappa shape index (κ2) is 6.68. The molecule has 3 rings (SSSR count). The van der Waals surface area contributed by atoms with Crippen molar-refractivity contribution in [3.8, 4) is 5.82 Å². The first-order chi connectivity index (χ1) is 11.5. The van der Waals surface area contributed by atoms with E-state index in [2.05, 4.69) is 14.8 Å². The highest BCUT2D eigenvalue weighted by atomic mass is 35.5. The third kappa shape index (κ3) is 3.30. The van der Waals surface area contributed by atoms with Crippen LogP contribution in [0.1, 0.15) is 5.56 Å². The Kier molecular flexibility index (Phi) is 4.61. The molecule has 0 fully saturated rings. The lowest BCUT2D eigenvalue weighted by Crippen LogP contribution is -2.25. The average Bonchev–Trinajstić information content (AvgIpc) is 3.10. The molecule has 0 saturated carbocycles. The first-order valence-corrected chi connectivity index (χ1v) is 8.73. The fourth-order valence-corrected chi connectivity index (χ4v) is 3.45. The molecular weight excluding hydrogens is 355 g/mol. The van der Waals surface area contributed by atoms with Crippen molar-refractivity contribution in [3.63, 3.8) is 0 Å². The van der Waals surface area contributed by atoms with Crippen LogP contribution in [0.4, 0.5) is 4.39 Å². The van der Waals surface area contributed by atoms with Crippen molar-refractivity contribution in [2.45, 2.75) is 11.4 Å². The van der Waals surface area contributed by atoms with Gasteiger partial charge in [0, 0.05) is 30.7 Å². The maximum absolute atomic E-state index is 13.9. The van der Waals surface area contributed by atoms with Gasteiger partial charge >= 0.3 is 0 Å². The Labute approximate surface area is 143 Å². The van der Waals surface area contributed by atoms with Gasteiger partial charge < -0.3 is 0 Å². The molecule has 0 radical (unpaired) electrons. The average molecular weight is 367 g/mol. The first-order valence-electron chi connectivity index (χ1n) is 6.86. The fraction of sp³-hybridized carbons (Fsp3) is 0.0667. The predicted molar refractivity (Wildman–Crippen MR) is 86.8 cm³/mol. The van der Waals surface area contributed by atoms with E-state index in [1.165, 1.54) is 16.8 Å². The summed E-state index contributed by atoms with van der Waals surface area (Å²) in [4.78, 5) is 3.70. The lowest BCUT2D eigenvalue weighted by atomic mass is 10.2. The maximum atomic E-state index is 13.9. The number of sulfonamides is 1. The SMILES string of the molecule is O=S(=O)(NCc1cccnc1-n1cccn1)c1cccc(Cl)c1F. The standard InChI is InChI=1S/C15H12ClFN4O2S/c16-12-5-1-6-13(14(12)17)24(22,23)20-10-11-4-2-7-18-15(11)21-9-3-8-19-21/h1-9,20H,10H2. The van der Waals surface area contributed by atoms with Crippen molar-refractivity contribution >= 4 is 21.6 Å². The van der Waals surface area contributed by atoms with Gasteiger partial charge in [-0.15, -0.1) is 0 Å². The van der Waals surface area contributed by atoms with Crippen molar-refractivity contribution < 1.29 is 12.8 Å². The summed E-state index contributed by atoms with van der Waals surface area (Å²) in [6.07, 6.45) is 4.85. The highest BCUT2D eigenvalue weighted by Crippen LogP contribution is 2.22. The van der Waals surface area contributed by atoms with E-state index in [-0.39, 0.29) is 11.6 Å². The van der Waals surface area contributed by atoms with Crippen molar-refractivity contribution in [2.75, 3.05) is 0 Å². The molecule has 0 bridgehead atoms. The van der Waals surface area contributed by atoms with E-state index in [1.807, 2.05) is 0 Å². The third-order valence-electron chi connectivity index (χ3n) is 3.25. The third-order valence-corrected chi connectivity index (χ3v) is 4.96. The molecule has 1 N–H and O–H groups in total. The number of nitrogens with zero attached hydrogens (tertiary/aromatic N) is 3. The van der Waals surface area contributed by atoms with Crippen LogP contribution in [0.2, 0.25) is 5.02 Å². The quantitative estimate of drug-likeness (QED) is 0.752. The molecule has 124 valence electrons. The van der Waals surface area contributed by atoms with Gasteiger partial charge in [-0.05, 0) is 24.3 Å². The summed E-state index contributed by atoms with van der Waals surface area (Å²) < 4.78 is 42.5. The minimum atomic E-state index is -4.06. The van der Waals surface area contributed by atoms with Gasteiger partial charge in [-0.25, -0.2) is 27.2 Å².